The van der Waals surface area contributed by atoms with Gasteiger partial charge in [-0.05, 0) is 25.7 Å². The van der Waals surface area contributed by atoms with Crippen molar-refractivity contribution in [3.8, 4) is 0 Å². The van der Waals surface area contributed by atoms with Crippen molar-refractivity contribution in [3.05, 3.63) is 0 Å². The first-order chi connectivity index (χ1) is 9.25. The Labute approximate surface area is 117 Å². The molecule has 6 heteroatoms. The van der Waals surface area contributed by atoms with Gasteiger partial charge in [0.05, 0.1) is 11.5 Å². The molecule has 2 unspecified atom stereocenters. The largest absolute Gasteiger partial charge is 0.391 e. The van der Waals surface area contributed by atoms with Gasteiger partial charge in [0.2, 0.25) is 5.91 Å². The smallest absolute Gasteiger partial charge is 0.339 e. The fourth-order valence-electron chi connectivity index (χ4n) is 3.50. The van der Waals surface area contributed by atoms with Gasteiger partial charge in [-0.3, -0.25) is 4.79 Å². The number of rotatable bonds is 3. The average Bonchev–Trinajstić information content (AvgIpc) is 2.34. The summed E-state index contributed by atoms with van der Waals surface area (Å²) in [6.45, 7) is 3.02. The van der Waals surface area contributed by atoms with E-state index in [1.807, 2.05) is 6.92 Å². The van der Waals surface area contributed by atoms with Crippen LogP contribution in [-0.4, -0.2) is 35.6 Å². The van der Waals surface area contributed by atoms with Gasteiger partial charge in [-0.15, -0.1) is 0 Å². The molecule has 0 aromatic carbocycles. The summed E-state index contributed by atoms with van der Waals surface area (Å²) in [7, 11) is 0. The standard InChI is InChI=1S/C14H23F3N2O/c1-2-6-13(18)8-19(9-13)12(20)10-4-3-5-11(7-10)14(15,16)17/h10-11H,2-9,18H2,1H3. The maximum atomic E-state index is 12.8. The van der Waals surface area contributed by atoms with Crippen LogP contribution in [0.15, 0.2) is 0 Å². The molecule has 2 aliphatic rings. The highest BCUT2D eigenvalue weighted by Crippen LogP contribution is 2.41. The van der Waals surface area contributed by atoms with Crippen LogP contribution in [-0.2, 0) is 4.79 Å². The van der Waals surface area contributed by atoms with Gasteiger partial charge in [0.25, 0.3) is 0 Å². The van der Waals surface area contributed by atoms with Gasteiger partial charge in [-0.2, -0.15) is 13.2 Å². The Morgan fingerprint density at radius 3 is 2.55 bits per heavy atom. The first-order valence-corrected chi connectivity index (χ1v) is 7.39. The molecule has 0 aromatic heterocycles. The van der Waals surface area contributed by atoms with Crippen molar-refractivity contribution in [1.82, 2.24) is 4.90 Å². The van der Waals surface area contributed by atoms with Gasteiger partial charge in [0.1, 0.15) is 0 Å². The maximum absolute atomic E-state index is 12.8. The van der Waals surface area contributed by atoms with Crippen molar-refractivity contribution < 1.29 is 18.0 Å². The Bertz CT molecular complexity index is 364. The van der Waals surface area contributed by atoms with Crippen LogP contribution in [0.25, 0.3) is 0 Å². The lowest BCUT2D eigenvalue weighted by atomic mass is 9.78. The minimum absolute atomic E-state index is 0.0514. The molecular formula is C14H23F3N2O. The van der Waals surface area contributed by atoms with Gasteiger partial charge in [-0.25, -0.2) is 0 Å². The Morgan fingerprint density at radius 2 is 2.00 bits per heavy atom. The van der Waals surface area contributed by atoms with Crippen LogP contribution in [0.4, 0.5) is 13.2 Å². The Morgan fingerprint density at radius 1 is 1.35 bits per heavy atom. The van der Waals surface area contributed by atoms with Crippen LogP contribution in [0.3, 0.4) is 0 Å². The Balaban J connectivity index is 1.88. The number of likely N-dealkylation sites (tertiary alicyclic amines) is 1. The molecule has 2 atom stereocenters. The van der Waals surface area contributed by atoms with E-state index in [-0.39, 0.29) is 24.3 Å². The number of carbonyl (C=O) groups excluding carboxylic acids is 1. The second kappa shape index (κ2) is 5.54. The van der Waals surface area contributed by atoms with Crippen LogP contribution < -0.4 is 5.73 Å². The van der Waals surface area contributed by atoms with E-state index in [1.54, 1.807) is 4.90 Å². The molecule has 0 spiro atoms. The topological polar surface area (TPSA) is 46.3 Å². The molecular weight excluding hydrogens is 269 g/mol. The van der Waals surface area contributed by atoms with Gasteiger partial charge in [0.15, 0.2) is 0 Å². The van der Waals surface area contributed by atoms with E-state index >= 15 is 0 Å². The normalized spacial score (nSPS) is 29.9. The lowest BCUT2D eigenvalue weighted by Crippen LogP contribution is -2.69. The van der Waals surface area contributed by atoms with Gasteiger partial charge in [0, 0.05) is 19.0 Å². The van der Waals surface area contributed by atoms with E-state index < -0.39 is 18.0 Å². The molecule has 20 heavy (non-hydrogen) atoms. The SMILES string of the molecule is CCCC1(N)CN(C(=O)C2CCCC(C(F)(F)F)C2)C1. The molecule has 1 saturated carbocycles. The molecule has 2 N–H and O–H groups in total. The van der Waals surface area contributed by atoms with E-state index in [9.17, 15) is 18.0 Å². The molecule has 1 aliphatic carbocycles. The number of nitrogens with two attached hydrogens (primary N) is 1. The molecule has 1 aliphatic heterocycles. The summed E-state index contributed by atoms with van der Waals surface area (Å²) in [5.41, 5.74) is 5.78. The van der Waals surface area contributed by atoms with E-state index in [2.05, 4.69) is 0 Å². The second-order valence-corrected chi connectivity index (χ2v) is 6.41. The Kier molecular flexibility index (Phi) is 4.33. The predicted molar refractivity (Wildman–Crippen MR) is 69.9 cm³/mol. The maximum Gasteiger partial charge on any atom is 0.391 e. The second-order valence-electron chi connectivity index (χ2n) is 6.41. The summed E-state index contributed by atoms with van der Waals surface area (Å²) >= 11 is 0. The zero-order chi connectivity index (χ0) is 15.0. The minimum Gasteiger partial charge on any atom is -0.339 e. The summed E-state index contributed by atoms with van der Waals surface area (Å²) in [4.78, 5) is 13.9. The fraction of sp³-hybridized carbons (Fsp3) is 0.929. The predicted octanol–water partition coefficient (Wildman–Crippen LogP) is 2.69. The number of carbonyl (C=O) groups is 1. The molecule has 0 aromatic rings. The van der Waals surface area contributed by atoms with E-state index in [1.165, 1.54) is 0 Å². The summed E-state index contributed by atoms with van der Waals surface area (Å²) in [6.07, 6.45) is -1.20. The number of hydrogen-bond donors (Lipinski definition) is 1. The molecule has 0 radical (unpaired) electrons. The summed E-state index contributed by atoms with van der Waals surface area (Å²) in [6, 6.07) is 0. The summed E-state index contributed by atoms with van der Waals surface area (Å²) < 4.78 is 38.3. The van der Waals surface area contributed by atoms with Crippen molar-refractivity contribution in [2.24, 2.45) is 17.6 Å². The Hall–Kier alpha value is -0.780. The van der Waals surface area contributed by atoms with Crippen molar-refractivity contribution in [1.29, 1.82) is 0 Å². The number of amides is 1. The quantitative estimate of drug-likeness (QED) is 0.869. The number of nitrogens with zero attached hydrogens (tertiary/aromatic N) is 1. The monoisotopic (exact) mass is 292 g/mol. The molecule has 2 rings (SSSR count). The summed E-state index contributed by atoms with van der Waals surface area (Å²) in [5.74, 6) is -1.91. The van der Waals surface area contributed by atoms with Crippen LogP contribution >= 0.6 is 0 Å². The zero-order valence-corrected chi connectivity index (χ0v) is 11.9. The molecule has 1 heterocycles. The van der Waals surface area contributed by atoms with Crippen LogP contribution in [0.5, 0.6) is 0 Å². The molecule has 0 bridgehead atoms. The third-order valence-corrected chi connectivity index (χ3v) is 4.56. The van der Waals surface area contributed by atoms with Crippen molar-refractivity contribution in [2.45, 2.75) is 57.2 Å². The third-order valence-electron chi connectivity index (χ3n) is 4.56. The highest BCUT2D eigenvalue weighted by atomic mass is 19.4. The lowest BCUT2D eigenvalue weighted by Gasteiger charge is -2.49. The van der Waals surface area contributed by atoms with Crippen LogP contribution in [0.2, 0.25) is 0 Å². The first-order valence-electron chi connectivity index (χ1n) is 7.39. The number of alkyl halides is 3. The van der Waals surface area contributed by atoms with Gasteiger partial charge in [-0.1, -0.05) is 19.8 Å². The van der Waals surface area contributed by atoms with Gasteiger partial charge >= 0.3 is 6.18 Å². The molecule has 3 nitrogen and oxygen atoms in total. The minimum atomic E-state index is -4.17. The first kappa shape index (κ1) is 15.6. The molecule has 2 fully saturated rings. The van der Waals surface area contributed by atoms with E-state index in [4.69, 9.17) is 5.73 Å². The molecule has 1 amide bonds. The molecule has 1 saturated heterocycles. The highest BCUT2D eigenvalue weighted by molar-refractivity contribution is 5.80. The van der Waals surface area contributed by atoms with Crippen molar-refractivity contribution in [2.75, 3.05) is 13.1 Å². The van der Waals surface area contributed by atoms with E-state index in [0.29, 0.717) is 25.9 Å². The van der Waals surface area contributed by atoms with Crippen molar-refractivity contribution in [3.63, 3.8) is 0 Å². The van der Waals surface area contributed by atoms with Crippen molar-refractivity contribution >= 4 is 5.91 Å². The number of halogens is 3. The average molecular weight is 292 g/mol. The van der Waals surface area contributed by atoms with E-state index in [0.717, 1.165) is 12.8 Å². The third kappa shape index (κ3) is 3.27. The van der Waals surface area contributed by atoms with Crippen LogP contribution in [0.1, 0.15) is 45.4 Å². The lowest BCUT2D eigenvalue weighted by molar-refractivity contribution is -0.188. The van der Waals surface area contributed by atoms with Gasteiger partial charge < -0.3 is 10.6 Å². The van der Waals surface area contributed by atoms with Crippen LogP contribution in [0, 0.1) is 11.8 Å². The zero-order valence-electron chi connectivity index (χ0n) is 11.9. The highest BCUT2D eigenvalue weighted by Gasteiger charge is 2.47. The summed E-state index contributed by atoms with van der Waals surface area (Å²) in [5, 5.41) is 0. The number of hydrogen-bond acceptors (Lipinski definition) is 2. The fourth-order valence-corrected chi connectivity index (χ4v) is 3.50. The molecule has 116 valence electrons.